The minimum Gasteiger partial charge on any atom is -0.256 e. The number of benzene rings is 1. The molecule has 0 unspecified atom stereocenters. The second-order valence-electron chi connectivity index (χ2n) is 4.51. The zero-order chi connectivity index (χ0) is 13.4. The van der Waals surface area contributed by atoms with E-state index in [1.54, 1.807) is 17.1 Å². The van der Waals surface area contributed by atoms with E-state index >= 15 is 0 Å². The van der Waals surface area contributed by atoms with Crippen molar-refractivity contribution >= 4 is 22.1 Å². The molecular weight excluding hydrogens is 252 g/mol. The van der Waals surface area contributed by atoms with Gasteiger partial charge in [-0.05, 0) is 23.8 Å². The van der Waals surface area contributed by atoms with Crippen molar-refractivity contribution in [1.82, 2.24) is 29.9 Å². The molecule has 0 fully saturated rings. The van der Waals surface area contributed by atoms with Crippen LogP contribution in [0.3, 0.4) is 0 Å². The van der Waals surface area contributed by atoms with Gasteiger partial charge in [0.1, 0.15) is 6.33 Å². The minimum atomic E-state index is 0.623. The van der Waals surface area contributed by atoms with Crippen LogP contribution < -0.4 is 0 Å². The highest BCUT2D eigenvalue weighted by atomic mass is 15.4. The van der Waals surface area contributed by atoms with Crippen LogP contribution in [0.2, 0.25) is 0 Å². The van der Waals surface area contributed by atoms with Crippen LogP contribution in [0.25, 0.3) is 22.1 Å². The number of nitrogens with zero attached hydrogens (tertiary/aromatic N) is 6. The summed E-state index contributed by atoms with van der Waals surface area (Å²) in [6.07, 6.45) is 4.96. The number of rotatable bonds is 2. The Hall–Kier alpha value is -2.89. The fraction of sp³-hybridized carbons (Fsp3) is 0.0714. The van der Waals surface area contributed by atoms with Gasteiger partial charge >= 0.3 is 0 Å². The number of hydrogen-bond acceptors (Lipinski definition) is 5. The molecule has 6 heteroatoms. The maximum absolute atomic E-state index is 4.31. The second kappa shape index (κ2) is 4.34. The molecule has 96 valence electrons. The van der Waals surface area contributed by atoms with Gasteiger partial charge in [0.25, 0.3) is 0 Å². The highest BCUT2D eigenvalue weighted by molar-refractivity contribution is 5.79. The van der Waals surface area contributed by atoms with Gasteiger partial charge in [0.15, 0.2) is 11.2 Å². The molecule has 0 saturated heterocycles. The average Bonchev–Trinajstić information content (AvgIpc) is 2.91. The lowest BCUT2D eigenvalue weighted by molar-refractivity contribution is 0.664. The molecule has 0 N–H and O–H groups in total. The summed E-state index contributed by atoms with van der Waals surface area (Å²) >= 11 is 0. The zero-order valence-corrected chi connectivity index (χ0v) is 10.5. The van der Waals surface area contributed by atoms with E-state index in [9.17, 15) is 0 Å². The predicted octanol–water partition coefficient (Wildman–Crippen LogP) is 1.82. The number of hydrogen-bond donors (Lipinski definition) is 0. The highest BCUT2D eigenvalue weighted by Crippen LogP contribution is 2.15. The molecule has 0 atom stereocenters. The van der Waals surface area contributed by atoms with E-state index < -0.39 is 0 Å². The lowest BCUT2D eigenvalue weighted by atomic mass is 10.1. The molecule has 3 aromatic heterocycles. The summed E-state index contributed by atoms with van der Waals surface area (Å²) in [7, 11) is 0. The zero-order valence-electron chi connectivity index (χ0n) is 10.5. The van der Waals surface area contributed by atoms with Crippen LogP contribution in [0, 0.1) is 0 Å². The Morgan fingerprint density at radius 2 is 2.05 bits per heavy atom. The van der Waals surface area contributed by atoms with Crippen molar-refractivity contribution < 1.29 is 0 Å². The first-order chi connectivity index (χ1) is 9.90. The summed E-state index contributed by atoms with van der Waals surface area (Å²) < 4.78 is 1.77. The van der Waals surface area contributed by atoms with Gasteiger partial charge in [0.2, 0.25) is 0 Å². The van der Waals surface area contributed by atoms with Gasteiger partial charge < -0.3 is 0 Å². The Balaban J connectivity index is 1.76. The van der Waals surface area contributed by atoms with E-state index in [2.05, 4.69) is 31.3 Å². The molecule has 0 radical (unpaired) electrons. The molecule has 0 saturated carbocycles. The standard InChI is InChI=1S/C14H10N6/c1-2-11-6-10(3-4-12(11)16-5-1)8-20-14-13(18-19-20)7-15-9-17-14/h1-7,9H,8H2. The fourth-order valence-corrected chi connectivity index (χ4v) is 2.23. The van der Waals surface area contributed by atoms with Crippen molar-refractivity contribution in [3.05, 3.63) is 54.6 Å². The summed E-state index contributed by atoms with van der Waals surface area (Å²) in [5, 5.41) is 9.29. The van der Waals surface area contributed by atoms with Crippen LogP contribution in [0.4, 0.5) is 0 Å². The first-order valence-electron chi connectivity index (χ1n) is 6.23. The molecule has 0 spiro atoms. The first-order valence-corrected chi connectivity index (χ1v) is 6.23. The van der Waals surface area contributed by atoms with Crippen LogP contribution in [0.1, 0.15) is 5.56 Å². The van der Waals surface area contributed by atoms with Gasteiger partial charge in [-0.25, -0.2) is 14.6 Å². The van der Waals surface area contributed by atoms with E-state index in [0.717, 1.165) is 22.1 Å². The topological polar surface area (TPSA) is 69.4 Å². The van der Waals surface area contributed by atoms with Gasteiger partial charge in [-0.1, -0.05) is 17.3 Å². The lowest BCUT2D eigenvalue weighted by Crippen LogP contribution is -2.03. The summed E-state index contributed by atoms with van der Waals surface area (Å²) in [6.45, 7) is 0.623. The minimum absolute atomic E-state index is 0.623. The smallest absolute Gasteiger partial charge is 0.181 e. The van der Waals surface area contributed by atoms with Crippen LogP contribution >= 0.6 is 0 Å². The molecule has 0 aliphatic rings. The molecule has 4 rings (SSSR count). The molecule has 0 amide bonds. The van der Waals surface area contributed by atoms with Crippen LogP contribution in [-0.2, 0) is 6.54 Å². The van der Waals surface area contributed by atoms with Crippen molar-refractivity contribution in [1.29, 1.82) is 0 Å². The van der Waals surface area contributed by atoms with E-state index in [1.165, 1.54) is 6.33 Å². The van der Waals surface area contributed by atoms with Gasteiger partial charge in [-0.3, -0.25) is 4.98 Å². The van der Waals surface area contributed by atoms with E-state index in [4.69, 9.17) is 0 Å². The van der Waals surface area contributed by atoms with Crippen molar-refractivity contribution in [3.8, 4) is 0 Å². The lowest BCUT2D eigenvalue weighted by Gasteiger charge is -2.03. The molecular formula is C14H10N6. The predicted molar refractivity (Wildman–Crippen MR) is 74.0 cm³/mol. The third-order valence-corrected chi connectivity index (χ3v) is 3.18. The quantitative estimate of drug-likeness (QED) is 0.551. The third kappa shape index (κ3) is 1.78. The number of pyridine rings is 1. The Labute approximate surface area is 114 Å². The van der Waals surface area contributed by atoms with E-state index in [0.29, 0.717) is 12.1 Å². The molecule has 0 aliphatic heterocycles. The summed E-state index contributed by atoms with van der Waals surface area (Å²) in [4.78, 5) is 12.5. The maximum Gasteiger partial charge on any atom is 0.181 e. The van der Waals surface area contributed by atoms with Gasteiger partial charge in [-0.2, -0.15) is 0 Å². The summed E-state index contributed by atoms with van der Waals surface area (Å²) in [6, 6.07) is 10.2. The Kier molecular flexibility index (Phi) is 2.38. The molecule has 4 aromatic rings. The Bertz CT molecular complexity index is 898. The molecule has 3 heterocycles. The first kappa shape index (κ1) is 11.0. The average molecular weight is 262 g/mol. The monoisotopic (exact) mass is 262 g/mol. The third-order valence-electron chi connectivity index (χ3n) is 3.18. The SMILES string of the molecule is c1cnc2ccc(Cn3nnc4cncnc43)cc2c1. The van der Waals surface area contributed by atoms with Crippen molar-refractivity contribution in [2.75, 3.05) is 0 Å². The molecule has 6 nitrogen and oxygen atoms in total. The van der Waals surface area contributed by atoms with Crippen molar-refractivity contribution in [3.63, 3.8) is 0 Å². The van der Waals surface area contributed by atoms with Gasteiger partial charge in [0, 0.05) is 11.6 Å². The maximum atomic E-state index is 4.31. The Morgan fingerprint density at radius 3 is 3.05 bits per heavy atom. The second-order valence-corrected chi connectivity index (χ2v) is 4.51. The largest absolute Gasteiger partial charge is 0.256 e. The van der Waals surface area contributed by atoms with Crippen LogP contribution in [-0.4, -0.2) is 29.9 Å². The fourth-order valence-electron chi connectivity index (χ4n) is 2.23. The van der Waals surface area contributed by atoms with E-state index in [1.807, 2.05) is 24.3 Å². The summed E-state index contributed by atoms with van der Waals surface area (Å²) in [5.74, 6) is 0. The van der Waals surface area contributed by atoms with Gasteiger partial charge in [0.05, 0.1) is 18.3 Å². The van der Waals surface area contributed by atoms with E-state index in [-0.39, 0.29) is 0 Å². The van der Waals surface area contributed by atoms with Crippen LogP contribution in [0.15, 0.2) is 49.1 Å². The number of aromatic nitrogens is 6. The van der Waals surface area contributed by atoms with Crippen molar-refractivity contribution in [2.45, 2.75) is 6.54 Å². The molecule has 0 aliphatic carbocycles. The number of fused-ring (bicyclic) bond motifs is 2. The Morgan fingerprint density at radius 1 is 1.05 bits per heavy atom. The molecule has 0 bridgehead atoms. The molecule has 20 heavy (non-hydrogen) atoms. The summed E-state index contributed by atoms with van der Waals surface area (Å²) in [5.41, 5.74) is 3.57. The normalized spacial score (nSPS) is 11.2. The van der Waals surface area contributed by atoms with Crippen molar-refractivity contribution in [2.24, 2.45) is 0 Å². The van der Waals surface area contributed by atoms with Gasteiger partial charge in [-0.15, -0.1) is 5.10 Å². The van der Waals surface area contributed by atoms with Crippen LogP contribution in [0.5, 0.6) is 0 Å². The highest BCUT2D eigenvalue weighted by Gasteiger charge is 2.06. The molecule has 1 aromatic carbocycles.